The van der Waals surface area contributed by atoms with Crippen LogP contribution in [0.5, 0.6) is 0 Å². The van der Waals surface area contributed by atoms with Gasteiger partial charge in [0.1, 0.15) is 11.9 Å². The van der Waals surface area contributed by atoms with Crippen LogP contribution >= 0.6 is 0 Å². The van der Waals surface area contributed by atoms with E-state index in [-0.39, 0.29) is 6.42 Å². The number of amides is 2. The molecule has 1 unspecified atom stereocenters. The summed E-state index contributed by atoms with van der Waals surface area (Å²) >= 11 is 0. The first-order valence-electron chi connectivity index (χ1n) is 5.51. The molecule has 1 aliphatic heterocycles. The SMILES string of the molecule is O=C(O)C(Cc1ccc(F)cc1)N1C(=O)C=CC1=O. The van der Waals surface area contributed by atoms with Gasteiger partial charge in [-0.3, -0.25) is 14.5 Å². The maximum Gasteiger partial charge on any atom is 0.327 e. The quantitative estimate of drug-likeness (QED) is 0.813. The maximum absolute atomic E-state index is 12.8. The Morgan fingerprint density at radius 3 is 2.16 bits per heavy atom. The van der Waals surface area contributed by atoms with Crippen LogP contribution in [0.15, 0.2) is 36.4 Å². The van der Waals surface area contributed by atoms with E-state index in [1.165, 1.54) is 24.3 Å². The molecule has 0 bridgehead atoms. The van der Waals surface area contributed by atoms with E-state index < -0.39 is 29.6 Å². The Kier molecular flexibility index (Phi) is 3.41. The summed E-state index contributed by atoms with van der Waals surface area (Å²) in [6.07, 6.45) is 2.00. The molecule has 0 spiro atoms. The molecule has 19 heavy (non-hydrogen) atoms. The molecule has 0 saturated carbocycles. The second-order valence-corrected chi connectivity index (χ2v) is 4.06. The number of carboxylic acids is 1. The van der Waals surface area contributed by atoms with Crippen LogP contribution in [-0.2, 0) is 20.8 Å². The highest BCUT2D eigenvalue weighted by Crippen LogP contribution is 2.15. The highest BCUT2D eigenvalue weighted by molar-refractivity contribution is 6.14. The molecule has 2 rings (SSSR count). The molecule has 1 heterocycles. The first kappa shape index (κ1) is 12.9. The first-order valence-corrected chi connectivity index (χ1v) is 5.51. The predicted molar refractivity (Wildman–Crippen MR) is 62.5 cm³/mol. The average Bonchev–Trinajstić information content (AvgIpc) is 2.68. The van der Waals surface area contributed by atoms with E-state index in [2.05, 4.69) is 0 Å². The van der Waals surface area contributed by atoms with Gasteiger partial charge in [0.15, 0.2) is 0 Å². The summed E-state index contributed by atoms with van der Waals surface area (Å²) < 4.78 is 12.8. The lowest BCUT2D eigenvalue weighted by Crippen LogP contribution is -2.46. The van der Waals surface area contributed by atoms with Crippen molar-refractivity contribution in [2.45, 2.75) is 12.5 Å². The molecule has 6 heteroatoms. The van der Waals surface area contributed by atoms with E-state index in [0.29, 0.717) is 10.5 Å². The molecule has 0 saturated heterocycles. The molecule has 98 valence electrons. The fourth-order valence-electron chi connectivity index (χ4n) is 1.85. The van der Waals surface area contributed by atoms with E-state index >= 15 is 0 Å². The standard InChI is InChI=1S/C13H10FNO4/c14-9-3-1-8(2-4-9)7-10(13(18)19)15-11(16)5-6-12(15)17/h1-6,10H,7H2,(H,18,19). The topological polar surface area (TPSA) is 74.7 Å². The number of carbonyl (C=O) groups is 3. The third kappa shape index (κ3) is 2.67. The number of aliphatic carboxylic acids is 1. The zero-order valence-corrected chi connectivity index (χ0v) is 9.75. The highest BCUT2D eigenvalue weighted by Gasteiger charge is 2.35. The smallest absolute Gasteiger partial charge is 0.327 e. The van der Waals surface area contributed by atoms with Crippen LogP contribution in [0.3, 0.4) is 0 Å². The van der Waals surface area contributed by atoms with Crippen molar-refractivity contribution >= 4 is 17.8 Å². The van der Waals surface area contributed by atoms with Gasteiger partial charge in [-0.05, 0) is 17.7 Å². The zero-order chi connectivity index (χ0) is 14.0. The van der Waals surface area contributed by atoms with Gasteiger partial charge in [0.05, 0.1) is 0 Å². The minimum Gasteiger partial charge on any atom is -0.480 e. The summed E-state index contributed by atoms with van der Waals surface area (Å²) in [4.78, 5) is 34.8. The molecule has 0 aliphatic carbocycles. The number of halogens is 1. The summed E-state index contributed by atoms with van der Waals surface area (Å²) in [5, 5.41) is 9.14. The van der Waals surface area contributed by atoms with Gasteiger partial charge in [-0.2, -0.15) is 0 Å². The second-order valence-electron chi connectivity index (χ2n) is 4.06. The minimum absolute atomic E-state index is 0.0607. The van der Waals surface area contributed by atoms with Crippen LogP contribution in [0.1, 0.15) is 5.56 Å². The van der Waals surface area contributed by atoms with Crippen LogP contribution in [0.25, 0.3) is 0 Å². The van der Waals surface area contributed by atoms with Crippen molar-refractivity contribution in [1.29, 1.82) is 0 Å². The van der Waals surface area contributed by atoms with Gasteiger partial charge in [0.2, 0.25) is 0 Å². The van der Waals surface area contributed by atoms with Gasteiger partial charge in [0.25, 0.3) is 11.8 Å². The molecule has 0 radical (unpaired) electrons. The van der Waals surface area contributed by atoms with Gasteiger partial charge in [-0.25, -0.2) is 9.18 Å². The summed E-state index contributed by atoms with van der Waals surface area (Å²) in [6.45, 7) is 0. The molecule has 1 aromatic rings. The van der Waals surface area contributed by atoms with Crippen molar-refractivity contribution in [3.05, 3.63) is 47.8 Å². The summed E-state index contributed by atoms with van der Waals surface area (Å²) in [5.74, 6) is -3.03. The second kappa shape index (κ2) is 5.01. The van der Waals surface area contributed by atoms with Crippen LogP contribution < -0.4 is 0 Å². The number of benzene rings is 1. The Morgan fingerprint density at radius 1 is 1.16 bits per heavy atom. The lowest BCUT2D eigenvalue weighted by atomic mass is 10.0. The fourth-order valence-corrected chi connectivity index (χ4v) is 1.85. The fraction of sp³-hybridized carbons (Fsp3) is 0.154. The third-order valence-electron chi connectivity index (χ3n) is 2.78. The Hall–Kier alpha value is -2.50. The van der Waals surface area contributed by atoms with Crippen molar-refractivity contribution in [2.75, 3.05) is 0 Å². The number of nitrogens with zero attached hydrogens (tertiary/aromatic N) is 1. The number of imide groups is 1. The number of carbonyl (C=O) groups excluding carboxylic acids is 2. The van der Waals surface area contributed by atoms with E-state index in [0.717, 1.165) is 12.2 Å². The Balaban J connectivity index is 2.22. The van der Waals surface area contributed by atoms with Crippen molar-refractivity contribution in [3.8, 4) is 0 Å². The number of hydrogen-bond acceptors (Lipinski definition) is 3. The Labute approximate surface area is 107 Å². The van der Waals surface area contributed by atoms with Crippen molar-refractivity contribution < 1.29 is 23.9 Å². The van der Waals surface area contributed by atoms with Gasteiger partial charge in [-0.1, -0.05) is 12.1 Å². The molecular weight excluding hydrogens is 253 g/mol. The molecule has 1 aromatic carbocycles. The van der Waals surface area contributed by atoms with Gasteiger partial charge >= 0.3 is 5.97 Å². The van der Waals surface area contributed by atoms with Gasteiger partial charge < -0.3 is 5.11 Å². The number of hydrogen-bond donors (Lipinski definition) is 1. The molecule has 5 nitrogen and oxygen atoms in total. The minimum atomic E-state index is -1.29. The number of rotatable bonds is 4. The summed E-state index contributed by atoms with van der Waals surface area (Å²) in [5.41, 5.74) is 0.529. The molecule has 1 atom stereocenters. The lowest BCUT2D eigenvalue weighted by molar-refractivity contribution is -0.153. The van der Waals surface area contributed by atoms with Crippen LogP contribution in [0.2, 0.25) is 0 Å². The van der Waals surface area contributed by atoms with Crippen LogP contribution in [0.4, 0.5) is 4.39 Å². The normalized spacial score (nSPS) is 15.9. The van der Waals surface area contributed by atoms with Gasteiger partial charge in [0, 0.05) is 18.6 Å². The van der Waals surface area contributed by atoms with E-state index in [1.807, 2.05) is 0 Å². The average molecular weight is 263 g/mol. The molecule has 0 aromatic heterocycles. The van der Waals surface area contributed by atoms with Crippen LogP contribution in [-0.4, -0.2) is 33.8 Å². The third-order valence-corrected chi connectivity index (χ3v) is 2.78. The summed E-state index contributed by atoms with van der Waals surface area (Å²) in [7, 11) is 0. The van der Waals surface area contributed by atoms with E-state index in [1.54, 1.807) is 0 Å². The molecule has 0 fully saturated rings. The highest BCUT2D eigenvalue weighted by atomic mass is 19.1. The summed E-state index contributed by atoms with van der Waals surface area (Å²) in [6, 6.07) is 3.94. The molecule has 1 N–H and O–H groups in total. The van der Waals surface area contributed by atoms with E-state index in [9.17, 15) is 18.8 Å². The van der Waals surface area contributed by atoms with Crippen molar-refractivity contribution in [2.24, 2.45) is 0 Å². The zero-order valence-electron chi connectivity index (χ0n) is 9.75. The van der Waals surface area contributed by atoms with Crippen molar-refractivity contribution in [3.63, 3.8) is 0 Å². The Morgan fingerprint density at radius 2 is 1.68 bits per heavy atom. The largest absolute Gasteiger partial charge is 0.480 e. The van der Waals surface area contributed by atoms with E-state index in [4.69, 9.17) is 5.11 Å². The molecule has 2 amide bonds. The molecule has 1 aliphatic rings. The maximum atomic E-state index is 12.8. The molecular formula is C13H10FNO4. The monoisotopic (exact) mass is 263 g/mol. The lowest BCUT2D eigenvalue weighted by Gasteiger charge is -2.22. The van der Waals surface area contributed by atoms with Gasteiger partial charge in [-0.15, -0.1) is 0 Å². The van der Waals surface area contributed by atoms with Crippen molar-refractivity contribution in [1.82, 2.24) is 4.90 Å². The predicted octanol–water partition coefficient (Wildman–Crippen LogP) is 0.746. The first-order chi connectivity index (χ1) is 8.99. The Bertz CT molecular complexity index is 547. The number of carboxylic acid groups (broad SMARTS) is 1. The van der Waals surface area contributed by atoms with Crippen LogP contribution in [0, 0.1) is 5.82 Å².